The minimum Gasteiger partial charge on any atom is -0.374 e. The van der Waals surface area contributed by atoms with Gasteiger partial charge in [-0.1, -0.05) is 38.9 Å². The number of alkyl halides is 5. The summed E-state index contributed by atoms with van der Waals surface area (Å²) in [6.45, 7) is 0.624. The molecular formula is C22H16Cl2F6IN3O5S. The van der Waals surface area contributed by atoms with Gasteiger partial charge in [-0.05, 0) is 42.3 Å². The lowest BCUT2D eigenvalue weighted by Crippen LogP contribution is -2.42. The zero-order valence-corrected chi connectivity index (χ0v) is 24.3. The van der Waals surface area contributed by atoms with E-state index in [1.165, 1.54) is 25.1 Å². The maximum atomic E-state index is 14.3. The van der Waals surface area contributed by atoms with E-state index >= 15 is 0 Å². The quantitative estimate of drug-likeness (QED) is 0.157. The Morgan fingerprint density at radius 2 is 1.85 bits per heavy atom. The lowest BCUT2D eigenvalue weighted by atomic mass is 9.86. The SMILES string of the molecule is Cc1cc(C2=NOC(c3cc(Cl)c(F)c(Cl)c3)(C(F)(F)F)C2)ccc1C(=O)N(I)C1CON(S(=O)(=O)C(F)F)C1. The van der Waals surface area contributed by atoms with E-state index in [1.807, 2.05) is 0 Å². The van der Waals surface area contributed by atoms with Crippen molar-refractivity contribution in [2.75, 3.05) is 13.2 Å². The van der Waals surface area contributed by atoms with E-state index in [2.05, 4.69) is 5.16 Å². The third kappa shape index (κ3) is 5.49. The summed E-state index contributed by atoms with van der Waals surface area (Å²) in [4.78, 5) is 22.8. The van der Waals surface area contributed by atoms with Gasteiger partial charge in [0.05, 0.1) is 57.8 Å². The van der Waals surface area contributed by atoms with Gasteiger partial charge in [-0.2, -0.15) is 22.0 Å². The van der Waals surface area contributed by atoms with E-state index < -0.39 is 73.9 Å². The number of amides is 1. The molecule has 2 aromatic carbocycles. The number of benzene rings is 2. The van der Waals surface area contributed by atoms with Crippen molar-refractivity contribution in [3.63, 3.8) is 0 Å². The molecule has 2 atom stereocenters. The molecule has 1 fully saturated rings. The molecule has 0 N–H and O–H groups in total. The average molecular weight is 746 g/mol. The first-order valence-corrected chi connectivity index (χ1v) is 14.2. The largest absolute Gasteiger partial charge is 0.435 e. The van der Waals surface area contributed by atoms with Crippen LogP contribution < -0.4 is 0 Å². The van der Waals surface area contributed by atoms with E-state index in [0.717, 1.165) is 15.2 Å². The Hall–Kier alpha value is -1.86. The monoisotopic (exact) mass is 745 g/mol. The zero-order valence-electron chi connectivity index (χ0n) is 19.9. The second-order valence-electron chi connectivity index (χ2n) is 8.77. The average Bonchev–Trinajstić information content (AvgIpc) is 3.55. The molecule has 8 nitrogen and oxygen atoms in total. The topological polar surface area (TPSA) is 88.5 Å². The van der Waals surface area contributed by atoms with Crippen LogP contribution in [0.3, 0.4) is 0 Å². The highest BCUT2D eigenvalue weighted by Gasteiger charge is 2.62. The summed E-state index contributed by atoms with van der Waals surface area (Å²) in [6.07, 6.45) is -5.82. The minimum atomic E-state index is -5.01. The van der Waals surface area contributed by atoms with E-state index in [4.69, 9.17) is 32.9 Å². The molecule has 1 amide bonds. The summed E-state index contributed by atoms with van der Waals surface area (Å²) in [5.74, 6) is -5.41. The van der Waals surface area contributed by atoms with Crippen LogP contribution in [-0.2, 0) is 25.3 Å². The number of hydrogen-bond acceptors (Lipinski definition) is 6. The highest BCUT2D eigenvalue weighted by atomic mass is 127. The lowest BCUT2D eigenvalue weighted by Gasteiger charge is -2.29. The van der Waals surface area contributed by atoms with Gasteiger partial charge in [-0.3, -0.25) is 12.7 Å². The highest BCUT2D eigenvalue weighted by molar-refractivity contribution is 14.1. The maximum absolute atomic E-state index is 14.3. The highest BCUT2D eigenvalue weighted by Crippen LogP contribution is 2.50. The standard InChI is InChI=1S/C22H16Cl2F6IN3O5S/c1-10-4-11(2-3-14(10)19(35)34(31)13-8-33(38-9-13)40(36,37)20(26)27)17-7-21(39-32-17,22(28,29)30)12-5-15(23)18(25)16(24)6-12/h2-6,13,20H,7-9H2,1H3. The van der Waals surface area contributed by atoms with Gasteiger partial charge >= 0.3 is 11.9 Å². The fourth-order valence-corrected chi connectivity index (χ4v) is 5.91. The maximum Gasteiger partial charge on any atom is 0.435 e. The van der Waals surface area contributed by atoms with E-state index in [9.17, 15) is 39.6 Å². The van der Waals surface area contributed by atoms with Crippen LogP contribution in [0.5, 0.6) is 0 Å². The number of rotatable bonds is 6. The summed E-state index contributed by atoms with van der Waals surface area (Å²) in [7, 11) is -5.01. The molecule has 40 heavy (non-hydrogen) atoms. The Morgan fingerprint density at radius 3 is 2.40 bits per heavy atom. The molecule has 18 heteroatoms. The molecule has 2 unspecified atom stereocenters. The molecule has 2 aliphatic heterocycles. The normalized spacial score (nSPS) is 22.0. The van der Waals surface area contributed by atoms with Crippen LogP contribution >= 0.6 is 46.1 Å². The molecular weight excluding hydrogens is 730 g/mol. The number of carbonyl (C=O) groups excluding carboxylic acids is 1. The van der Waals surface area contributed by atoms with Crippen molar-refractivity contribution < 1.29 is 49.2 Å². The second-order valence-corrected chi connectivity index (χ2v) is 12.4. The van der Waals surface area contributed by atoms with Crippen LogP contribution in [0.25, 0.3) is 0 Å². The van der Waals surface area contributed by atoms with Gasteiger partial charge in [0, 0.05) is 17.5 Å². The Morgan fingerprint density at radius 1 is 1.23 bits per heavy atom. The number of carbonyl (C=O) groups is 1. The van der Waals surface area contributed by atoms with Gasteiger partial charge in [0.15, 0.2) is 5.82 Å². The molecule has 2 aromatic rings. The molecule has 218 valence electrons. The molecule has 4 rings (SSSR count). The predicted molar refractivity (Wildman–Crippen MR) is 139 cm³/mol. The van der Waals surface area contributed by atoms with Gasteiger partial charge in [-0.25, -0.2) is 12.8 Å². The fourth-order valence-electron chi connectivity index (χ4n) is 4.06. The van der Waals surface area contributed by atoms with Crippen molar-refractivity contribution in [1.29, 1.82) is 0 Å². The number of hydrogen-bond donors (Lipinski definition) is 0. The fraction of sp³-hybridized carbons (Fsp3) is 0.364. The Bertz CT molecular complexity index is 1470. The number of nitrogens with zero attached hydrogens (tertiary/aromatic N) is 3. The van der Waals surface area contributed by atoms with Crippen LogP contribution in [0.4, 0.5) is 26.3 Å². The van der Waals surface area contributed by atoms with E-state index in [-0.39, 0.29) is 27.9 Å². The molecule has 2 aliphatic rings. The third-order valence-electron chi connectivity index (χ3n) is 6.22. The minimum absolute atomic E-state index is 0.104. The van der Waals surface area contributed by atoms with Crippen molar-refractivity contribution in [2.45, 2.75) is 36.9 Å². The van der Waals surface area contributed by atoms with Crippen molar-refractivity contribution in [2.24, 2.45) is 5.16 Å². The zero-order chi connectivity index (χ0) is 29.8. The summed E-state index contributed by atoms with van der Waals surface area (Å²) >= 11 is 13.0. The first kappa shape index (κ1) is 31.1. The summed E-state index contributed by atoms with van der Waals surface area (Å²) < 4.78 is 107. The van der Waals surface area contributed by atoms with Crippen LogP contribution in [0.15, 0.2) is 35.5 Å². The van der Waals surface area contributed by atoms with E-state index in [1.54, 1.807) is 22.9 Å². The van der Waals surface area contributed by atoms with Crippen LogP contribution in [0.1, 0.15) is 33.5 Å². The molecule has 0 radical (unpaired) electrons. The lowest BCUT2D eigenvalue weighted by molar-refractivity contribution is -0.275. The number of oxime groups is 1. The Labute approximate surface area is 247 Å². The smallest absolute Gasteiger partial charge is 0.374 e. The van der Waals surface area contributed by atoms with Crippen LogP contribution in [0, 0.1) is 12.7 Å². The van der Waals surface area contributed by atoms with Gasteiger partial charge in [0.2, 0.25) is 0 Å². The van der Waals surface area contributed by atoms with Crippen molar-refractivity contribution >= 4 is 67.7 Å². The molecule has 2 heterocycles. The number of halogens is 9. The van der Waals surface area contributed by atoms with Crippen LogP contribution in [0.2, 0.25) is 10.0 Å². The molecule has 0 spiro atoms. The Kier molecular flexibility index (Phi) is 8.62. The first-order chi connectivity index (χ1) is 18.5. The van der Waals surface area contributed by atoms with E-state index in [0.29, 0.717) is 5.56 Å². The summed E-state index contributed by atoms with van der Waals surface area (Å²) in [5.41, 5.74) is -3.07. The third-order valence-corrected chi connectivity index (χ3v) is 9.27. The predicted octanol–water partition coefficient (Wildman–Crippen LogP) is 5.98. The molecule has 0 bridgehead atoms. The van der Waals surface area contributed by atoms with Crippen molar-refractivity contribution in [3.05, 3.63) is 68.4 Å². The van der Waals surface area contributed by atoms with Gasteiger partial charge in [-0.15, -0.1) is 0 Å². The Balaban J connectivity index is 1.55. The van der Waals surface area contributed by atoms with Crippen LogP contribution in [-0.4, -0.2) is 58.7 Å². The summed E-state index contributed by atoms with van der Waals surface area (Å²) in [6, 6.07) is 4.69. The number of hydroxylamine groups is 1. The van der Waals surface area contributed by atoms with Gasteiger partial charge in [0.1, 0.15) is 0 Å². The summed E-state index contributed by atoms with van der Waals surface area (Å²) in [5, 5.41) is 2.36. The number of sulfonamides is 1. The molecule has 0 saturated carbocycles. The molecule has 1 saturated heterocycles. The molecule has 0 aromatic heterocycles. The second kappa shape index (κ2) is 11.1. The van der Waals surface area contributed by atoms with Gasteiger partial charge in [0.25, 0.3) is 21.5 Å². The van der Waals surface area contributed by atoms with Crippen molar-refractivity contribution in [1.82, 2.24) is 7.58 Å². The molecule has 0 aliphatic carbocycles. The first-order valence-electron chi connectivity index (χ1n) is 11.0. The van der Waals surface area contributed by atoms with Crippen molar-refractivity contribution in [3.8, 4) is 0 Å². The van der Waals surface area contributed by atoms with Gasteiger partial charge < -0.3 is 4.84 Å². The number of aryl methyl sites for hydroxylation is 1.